The maximum Gasteiger partial charge on any atom is 0.225 e. The lowest BCUT2D eigenvalue weighted by Gasteiger charge is -2.31. The number of hydrogen-bond acceptors (Lipinski definition) is 4. The molecule has 0 unspecified atom stereocenters. The third kappa shape index (κ3) is 3.30. The average molecular weight is 204 g/mol. The molecule has 0 aromatic heterocycles. The molecule has 0 atom stereocenters. The summed E-state index contributed by atoms with van der Waals surface area (Å²) in [7, 11) is -3.41. The van der Waals surface area contributed by atoms with Crippen molar-refractivity contribution in [2.24, 2.45) is 5.92 Å². The van der Waals surface area contributed by atoms with Gasteiger partial charge < -0.3 is 5.11 Å². The summed E-state index contributed by atoms with van der Waals surface area (Å²) in [5.74, 6) is -0.272. The highest BCUT2D eigenvalue weighted by molar-refractivity contribution is 7.89. The first-order valence-corrected chi connectivity index (χ1v) is 5.71. The molecule has 0 aromatic rings. The van der Waals surface area contributed by atoms with Crippen LogP contribution in [0.15, 0.2) is 0 Å². The summed E-state index contributed by atoms with van der Waals surface area (Å²) in [5, 5.41) is 17.1. The highest BCUT2D eigenvalue weighted by atomic mass is 32.2. The maximum absolute atomic E-state index is 11.0. The van der Waals surface area contributed by atoms with Crippen LogP contribution in [-0.4, -0.2) is 31.9 Å². The number of nitrogens with zero attached hydrogens (tertiary/aromatic N) is 1. The minimum absolute atomic E-state index is 0.225. The zero-order valence-corrected chi connectivity index (χ0v) is 7.92. The number of rotatable bonds is 4. The molecular formula is C7H12N2O3S. The summed E-state index contributed by atoms with van der Waals surface area (Å²) in [5.41, 5.74) is 0. The molecule has 0 heterocycles. The molecule has 1 rings (SSSR count). The third-order valence-electron chi connectivity index (χ3n) is 2.06. The summed E-state index contributed by atoms with van der Waals surface area (Å²) in [4.78, 5) is 0. The summed E-state index contributed by atoms with van der Waals surface area (Å²) < 4.78 is 24.2. The van der Waals surface area contributed by atoms with Crippen molar-refractivity contribution in [2.75, 3.05) is 12.3 Å². The summed E-state index contributed by atoms with van der Waals surface area (Å²) in [6, 6.07) is 1.58. The van der Waals surface area contributed by atoms with E-state index in [1.165, 1.54) is 0 Å². The number of nitrogens with one attached hydrogen (secondary N) is 1. The topological polar surface area (TPSA) is 90.2 Å². The van der Waals surface area contributed by atoms with Crippen molar-refractivity contribution >= 4 is 10.0 Å². The zero-order valence-electron chi connectivity index (χ0n) is 7.10. The molecule has 5 nitrogen and oxygen atoms in total. The minimum atomic E-state index is -3.41. The maximum atomic E-state index is 11.0. The first-order chi connectivity index (χ1) is 6.03. The van der Waals surface area contributed by atoms with Crippen molar-refractivity contribution in [2.45, 2.75) is 18.9 Å². The van der Waals surface area contributed by atoms with Gasteiger partial charge in [-0.3, -0.25) is 0 Å². The van der Waals surface area contributed by atoms with E-state index in [2.05, 4.69) is 4.72 Å². The van der Waals surface area contributed by atoms with E-state index in [0.29, 0.717) is 19.4 Å². The molecule has 1 aliphatic carbocycles. The summed E-state index contributed by atoms with van der Waals surface area (Å²) in [6.07, 6.45) is 1.02. The van der Waals surface area contributed by atoms with Crippen molar-refractivity contribution in [3.05, 3.63) is 0 Å². The molecule has 0 radical (unpaired) electrons. The van der Waals surface area contributed by atoms with Crippen LogP contribution in [0.1, 0.15) is 12.8 Å². The van der Waals surface area contributed by atoms with Crippen molar-refractivity contribution < 1.29 is 13.5 Å². The molecule has 0 bridgehead atoms. The Kier molecular flexibility index (Phi) is 3.25. The molecular weight excluding hydrogens is 192 g/mol. The molecule has 74 valence electrons. The largest absolute Gasteiger partial charge is 0.393 e. The van der Waals surface area contributed by atoms with Crippen LogP contribution >= 0.6 is 0 Å². The van der Waals surface area contributed by atoms with Crippen molar-refractivity contribution in [1.29, 1.82) is 5.26 Å². The first-order valence-electron chi connectivity index (χ1n) is 4.06. The van der Waals surface area contributed by atoms with Gasteiger partial charge in [0.05, 0.1) is 12.2 Å². The standard InChI is InChI=1S/C7H12N2O3S/c8-1-2-13(11,12)9-5-6-3-7(10)4-6/h6-7,9-10H,2-5H2. The van der Waals surface area contributed by atoms with Crippen LogP contribution in [0.25, 0.3) is 0 Å². The average Bonchev–Trinajstić information content (AvgIpc) is 1.96. The molecule has 6 heteroatoms. The molecule has 2 N–H and O–H groups in total. The van der Waals surface area contributed by atoms with Crippen LogP contribution < -0.4 is 4.72 Å². The minimum Gasteiger partial charge on any atom is -0.393 e. The van der Waals surface area contributed by atoms with E-state index >= 15 is 0 Å². The number of aliphatic hydroxyl groups is 1. The second-order valence-corrected chi connectivity index (χ2v) is 5.06. The van der Waals surface area contributed by atoms with Gasteiger partial charge in [-0.1, -0.05) is 0 Å². The SMILES string of the molecule is N#CCS(=O)(=O)NCC1CC(O)C1. The number of aliphatic hydroxyl groups excluding tert-OH is 1. The highest BCUT2D eigenvalue weighted by Gasteiger charge is 2.27. The highest BCUT2D eigenvalue weighted by Crippen LogP contribution is 2.26. The van der Waals surface area contributed by atoms with Crippen LogP contribution in [0.3, 0.4) is 0 Å². The second-order valence-electron chi connectivity index (χ2n) is 3.26. The molecule has 1 fully saturated rings. The van der Waals surface area contributed by atoms with E-state index in [1.54, 1.807) is 6.07 Å². The molecule has 0 aromatic carbocycles. The Bertz CT molecular complexity index is 300. The lowest BCUT2D eigenvalue weighted by molar-refractivity contribution is 0.0453. The Labute approximate surface area is 77.4 Å². The van der Waals surface area contributed by atoms with Crippen LogP contribution in [0.2, 0.25) is 0 Å². The van der Waals surface area contributed by atoms with Gasteiger partial charge in [0.2, 0.25) is 10.0 Å². The molecule has 1 aliphatic rings. The first kappa shape index (κ1) is 10.4. The van der Waals surface area contributed by atoms with Gasteiger partial charge in [0, 0.05) is 6.54 Å². The second kappa shape index (κ2) is 4.05. The summed E-state index contributed by atoms with van der Waals surface area (Å²) in [6.45, 7) is 0.334. The molecule has 0 aliphatic heterocycles. The number of hydrogen-bond donors (Lipinski definition) is 2. The van der Waals surface area contributed by atoms with Gasteiger partial charge in [0.25, 0.3) is 0 Å². The van der Waals surface area contributed by atoms with Crippen LogP contribution in [0.5, 0.6) is 0 Å². The summed E-state index contributed by atoms with van der Waals surface area (Å²) >= 11 is 0. The van der Waals surface area contributed by atoms with Gasteiger partial charge in [-0.2, -0.15) is 5.26 Å². The molecule has 13 heavy (non-hydrogen) atoms. The lowest BCUT2D eigenvalue weighted by atomic mass is 9.83. The van der Waals surface area contributed by atoms with Gasteiger partial charge in [-0.05, 0) is 18.8 Å². The predicted octanol–water partition coefficient (Wildman–Crippen LogP) is -0.800. The molecule has 0 spiro atoms. The van der Waals surface area contributed by atoms with E-state index in [9.17, 15) is 8.42 Å². The lowest BCUT2D eigenvalue weighted by Crippen LogP contribution is -2.39. The quantitative estimate of drug-likeness (QED) is 0.627. The van der Waals surface area contributed by atoms with Crippen LogP contribution in [0.4, 0.5) is 0 Å². The van der Waals surface area contributed by atoms with E-state index < -0.39 is 15.8 Å². The van der Waals surface area contributed by atoms with Crippen molar-refractivity contribution in [3.8, 4) is 6.07 Å². The van der Waals surface area contributed by atoms with Crippen LogP contribution in [0, 0.1) is 17.2 Å². The number of nitriles is 1. The van der Waals surface area contributed by atoms with Gasteiger partial charge >= 0.3 is 0 Å². The fraction of sp³-hybridized carbons (Fsp3) is 0.857. The zero-order chi connectivity index (χ0) is 9.90. The Morgan fingerprint density at radius 3 is 2.62 bits per heavy atom. The van der Waals surface area contributed by atoms with Gasteiger partial charge in [-0.25, -0.2) is 13.1 Å². The van der Waals surface area contributed by atoms with Gasteiger partial charge in [-0.15, -0.1) is 0 Å². The monoisotopic (exact) mass is 204 g/mol. The fourth-order valence-electron chi connectivity index (χ4n) is 1.25. The molecule has 0 amide bonds. The molecule has 0 saturated heterocycles. The van der Waals surface area contributed by atoms with E-state index in [0.717, 1.165) is 0 Å². The van der Waals surface area contributed by atoms with Crippen molar-refractivity contribution in [1.82, 2.24) is 4.72 Å². The van der Waals surface area contributed by atoms with E-state index in [4.69, 9.17) is 10.4 Å². The van der Waals surface area contributed by atoms with Gasteiger partial charge in [0.1, 0.15) is 0 Å². The third-order valence-corrected chi connectivity index (χ3v) is 3.17. The Morgan fingerprint density at radius 1 is 1.54 bits per heavy atom. The predicted molar refractivity (Wildman–Crippen MR) is 46.1 cm³/mol. The Hall–Kier alpha value is -0.640. The van der Waals surface area contributed by atoms with Crippen LogP contribution in [-0.2, 0) is 10.0 Å². The van der Waals surface area contributed by atoms with Crippen molar-refractivity contribution in [3.63, 3.8) is 0 Å². The number of sulfonamides is 1. The van der Waals surface area contributed by atoms with E-state index in [1.807, 2.05) is 0 Å². The fourth-order valence-corrected chi connectivity index (χ4v) is 2.01. The Morgan fingerprint density at radius 2 is 2.15 bits per heavy atom. The smallest absolute Gasteiger partial charge is 0.225 e. The normalized spacial score (nSPS) is 27.7. The Balaban J connectivity index is 2.23. The van der Waals surface area contributed by atoms with Gasteiger partial charge in [0.15, 0.2) is 5.75 Å². The van der Waals surface area contributed by atoms with E-state index in [-0.39, 0.29) is 12.0 Å². The molecule has 1 saturated carbocycles.